The highest BCUT2D eigenvalue weighted by Crippen LogP contribution is 2.39. The van der Waals surface area contributed by atoms with Crippen molar-refractivity contribution in [2.45, 2.75) is 58.5 Å². The van der Waals surface area contributed by atoms with E-state index >= 15 is 0 Å². The Kier molecular flexibility index (Phi) is 7.67. The molecule has 6 heteroatoms. The van der Waals surface area contributed by atoms with Crippen LogP contribution in [0.5, 0.6) is 0 Å². The Labute approximate surface area is 182 Å². The van der Waals surface area contributed by atoms with Crippen LogP contribution in [0.15, 0.2) is 36.4 Å². The predicted molar refractivity (Wildman–Crippen MR) is 121 cm³/mol. The topological polar surface area (TPSA) is 77.8 Å². The lowest BCUT2D eigenvalue weighted by Crippen LogP contribution is -2.39. The molecule has 1 atom stereocenters. The van der Waals surface area contributed by atoms with Crippen LogP contribution in [0.25, 0.3) is 10.4 Å². The molecule has 2 aromatic rings. The zero-order valence-electron chi connectivity index (χ0n) is 17.7. The van der Waals surface area contributed by atoms with Gasteiger partial charge < -0.3 is 15.1 Å². The Bertz CT molecular complexity index is 853. The van der Waals surface area contributed by atoms with Crippen molar-refractivity contribution in [1.82, 2.24) is 0 Å². The molecule has 162 valence electrons. The highest BCUT2D eigenvalue weighted by Gasteiger charge is 2.32. The Morgan fingerprint density at radius 2 is 1.83 bits per heavy atom. The van der Waals surface area contributed by atoms with Crippen molar-refractivity contribution < 1.29 is 19.8 Å². The first-order valence-electron chi connectivity index (χ1n) is 10.8. The number of amides is 1. The lowest BCUT2D eigenvalue weighted by atomic mass is 9.82. The number of carboxylic acid groups (broad SMARTS) is 1. The SMILES string of the molecule is CC(O)CCCN(C(=O)C1CCC(C)CC1)c1cc(-c2ccccc2)sc1C(=O)O. The summed E-state index contributed by atoms with van der Waals surface area (Å²) in [6, 6.07) is 11.5. The van der Waals surface area contributed by atoms with Gasteiger partial charge in [0.15, 0.2) is 0 Å². The largest absolute Gasteiger partial charge is 0.477 e. The van der Waals surface area contributed by atoms with Crippen molar-refractivity contribution in [3.8, 4) is 10.4 Å². The summed E-state index contributed by atoms with van der Waals surface area (Å²) in [6.07, 6.45) is 4.52. The van der Waals surface area contributed by atoms with Crippen molar-refractivity contribution >= 4 is 28.9 Å². The summed E-state index contributed by atoms with van der Waals surface area (Å²) in [5.74, 6) is -0.414. The molecule has 1 aromatic heterocycles. The minimum atomic E-state index is -1.01. The maximum atomic E-state index is 13.5. The molecular formula is C24H31NO4S. The zero-order chi connectivity index (χ0) is 21.7. The van der Waals surface area contributed by atoms with Gasteiger partial charge in [-0.1, -0.05) is 37.3 Å². The van der Waals surface area contributed by atoms with E-state index < -0.39 is 12.1 Å². The quantitative estimate of drug-likeness (QED) is 0.586. The molecule has 5 nitrogen and oxygen atoms in total. The molecule has 2 N–H and O–H groups in total. The molecule has 1 saturated carbocycles. The van der Waals surface area contributed by atoms with Crippen molar-refractivity contribution in [3.05, 3.63) is 41.3 Å². The highest BCUT2D eigenvalue weighted by molar-refractivity contribution is 7.18. The van der Waals surface area contributed by atoms with Gasteiger partial charge in [0.2, 0.25) is 5.91 Å². The van der Waals surface area contributed by atoms with Crippen LogP contribution in [0.4, 0.5) is 5.69 Å². The Morgan fingerprint density at radius 1 is 1.17 bits per heavy atom. The van der Waals surface area contributed by atoms with E-state index in [0.717, 1.165) is 36.1 Å². The third-order valence-corrected chi connectivity index (χ3v) is 7.05. The number of carbonyl (C=O) groups is 2. The molecule has 1 fully saturated rings. The number of thiophene rings is 1. The van der Waals surface area contributed by atoms with Crippen molar-refractivity contribution in [2.75, 3.05) is 11.4 Å². The Balaban J connectivity index is 1.94. The van der Waals surface area contributed by atoms with E-state index in [1.54, 1.807) is 11.8 Å². The highest BCUT2D eigenvalue weighted by atomic mass is 32.1. The number of anilines is 1. The average molecular weight is 430 g/mol. The Hall–Kier alpha value is -2.18. The number of benzene rings is 1. The molecule has 1 aliphatic rings. The van der Waals surface area contributed by atoms with Crippen LogP contribution < -0.4 is 4.90 Å². The van der Waals surface area contributed by atoms with Gasteiger partial charge in [-0.3, -0.25) is 4.79 Å². The Morgan fingerprint density at radius 3 is 2.43 bits per heavy atom. The standard InChI is InChI=1S/C24H31NO4S/c1-16-10-12-19(13-11-16)23(27)25(14-6-7-17(2)26)20-15-21(30-22(20)24(28)29)18-8-4-3-5-9-18/h3-5,8-9,15-17,19,26H,6-7,10-14H2,1-2H3,(H,28,29). The summed E-state index contributed by atoms with van der Waals surface area (Å²) in [6.45, 7) is 4.37. The molecule has 0 saturated heterocycles. The fraction of sp³-hybridized carbons (Fsp3) is 0.500. The van der Waals surface area contributed by atoms with E-state index in [1.165, 1.54) is 11.3 Å². The van der Waals surface area contributed by atoms with Crippen LogP contribution in [0, 0.1) is 11.8 Å². The van der Waals surface area contributed by atoms with Crippen LogP contribution in [0.3, 0.4) is 0 Å². The van der Waals surface area contributed by atoms with E-state index in [9.17, 15) is 19.8 Å². The van der Waals surface area contributed by atoms with Gasteiger partial charge in [-0.25, -0.2) is 4.79 Å². The van der Waals surface area contributed by atoms with Crippen molar-refractivity contribution in [3.63, 3.8) is 0 Å². The summed E-state index contributed by atoms with van der Waals surface area (Å²) in [5.41, 5.74) is 1.43. The first kappa shape index (κ1) is 22.5. The van der Waals surface area contributed by atoms with Crippen LogP contribution in [-0.4, -0.2) is 34.7 Å². The van der Waals surface area contributed by atoms with E-state index in [2.05, 4.69) is 6.92 Å². The number of carbonyl (C=O) groups excluding carboxylic acids is 1. The second-order valence-corrected chi connectivity index (χ2v) is 9.49. The first-order chi connectivity index (χ1) is 14.4. The molecule has 0 aliphatic heterocycles. The molecule has 1 unspecified atom stereocenters. The fourth-order valence-corrected chi connectivity index (χ4v) is 5.11. The molecule has 1 aromatic carbocycles. The fourth-order valence-electron chi connectivity index (χ4n) is 4.10. The third kappa shape index (κ3) is 5.49. The smallest absolute Gasteiger partial charge is 0.348 e. The zero-order valence-corrected chi connectivity index (χ0v) is 18.5. The average Bonchev–Trinajstić information content (AvgIpc) is 3.17. The maximum absolute atomic E-state index is 13.5. The van der Waals surface area contributed by atoms with Gasteiger partial charge in [0, 0.05) is 17.3 Å². The van der Waals surface area contributed by atoms with Gasteiger partial charge in [0.25, 0.3) is 0 Å². The van der Waals surface area contributed by atoms with Crippen LogP contribution in [0.2, 0.25) is 0 Å². The van der Waals surface area contributed by atoms with Crippen LogP contribution in [0.1, 0.15) is 62.0 Å². The molecule has 3 rings (SSSR count). The molecule has 0 bridgehead atoms. The second kappa shape index (κ2) is 10.2. The van der Waals surface area contributed by atoms with E-state index in [-0.39, 0.29) is 16.7 Å². The number of nitrogens with zero attached hydrogens (tertiary/aromatic N) is 1. The predicted octanol–water partition coefficient (Wildman–Crippen LogP) is 5.43. The van der Waals surface area contributed by atoms with Gasteiger partial charge >= 0.3 is 5.97 Å². The van der Waals surface area contributed by atoms with Gasteiger partial charge in [-0.05, 0) is 63.0 Å². The summed E-state index contributed by atoms with van der Waals surface area (Å²) >= 11 is 1.21. The molecule has 1 heterocycles. The number of hydrogen-bond donors (Lipinski definition) is 2. The van der Waals surface area contributed by atoms with Gasteiger partial charge in [0.05, 0.1) is 11.8 Å². The van der Waals surface area contributed by atoms with E-state index in [1.807, 2.05) is 36.4 Å². The minimum absolute atomic E-state index is 0.0207. The summed E-state index contributed by atoms with van der Waals surface area (Å²) in [7, 11) is 0. The third-order valence-electron chi connectivity index (χ3n) is 5.89. The van der Waals surface area contributed by atoms with Crippen LogP contribution >= 0.6 is 11.3 Å². The van der Waals surface area contributed by atoms with E-state index in [0.29, 0.717) is 31.0 Å². The maximum Gasteiger partial charge on any atom is 0.348 e. The normalized spacial score (nSPS) is 20.0. The monoisotopic (exact) mass is 429 g/mol. The van der Waals surface area contributed by atoms with Gasteiger partial charge in [-0.15, -0.1) is 11.3 Å². The minimum Gasteiger partial charge on any atom is -0.477 e. The molecule has 30 heavy (non-hydrogen) atoms. The number of aliphatic hydroxyl groups is 1. The second-order valence-electron chi connectivity index (χ2n) is 8.43. The summed E-state index contributed by atoms with van der Waals surface area (Å²) in [4.78, 5) is 28.2. The number of carboxylic acids is 1. The lowest BCUT2D eigenvalue weighted by Gasteiger charge is -2.31. The molecule has 1 amide bonds. The van der Waals surface area contributed by atoms with Crippen LogP contribution in [-0.2, 0) is 4.79 Å². The van der Waals surface area contributed by atoms with Crippen molar-refractivity contribution in [2.24, 2.45) is 11.8 Å². The number of hydrogen-bond acceptors (Lipinski definition) is 4. The summed E-state index contributed by atoms with van der Waals surface area (Å²) < 4.78 is 0. The van der Waals surface area contributed by atoms with Gasteiger partial charge in [0.1, 0.15) is 4.88 Å². The number of rotatable bonds is 8. The number of aliphatic hydroxyl groups excluding tert-OH is 1. The van der Waals surface area contributed by atoms with Crippen molar-refractivity contribution in [1.29, 1.82) is 0 Å². The van der Waals surface area contributed by atoms with Gasteiger partial charge in [-0.2, -0.15) is 0 Å². The summed E-state index contributed by atoms with van der Waals surface area (Å²) in [5, 5.41) is 19.5. The number of aromatic carboxylic acids is 1. The molecule has 0 spiro atoms. The van der Waals surface area contributed by atoms with E-state index in [4.69, 9.17) is 0 Å². The molecule has 0 radical (unpaired) electrons. The molecule has 1 aliphatic carbocycles. The lowest BCUT2D eigenvalue weighted by molar-refractivity contribution is -0.123. The molecular weight excluding hydrogens is 398 g/mol. The first-order valence-corrected chi connectivity index (χ1v) is 11.6.